The van der Waals surface area contributed by atoms with Gasteiger partial charge < -0.3 is 4.90 Å². The summed E-state index contributed by atoms with van der Waals surface area (Å²) in [6, 6.07) is 7.79. The predicted molar refractivity (Wildman–Crippen MR) is 95.4 cm³/mol. The van der Waals surface area contributed by atoms with Crippen LogP contribution in [0.5, 0.6) is 0 Å². The third-order valence-corrected chi connectivity index (χ3v) is 4.52. The average Bonchev–Trinajstić information content (AvgIpc) is 2.63. The molecular formula is C19H24N4O. The van der Waals surface area contributed by atoms with E-state index in [0.717, 1.165) is 50.4 Å². The van der Waals surface area contributed by atoms with E-state index in [1.54, 1.807) is 0 Å². The van der Waals surface area contributed by atoms with Crippen molar-refractivity contribution in [3.05, 3.63) is 53.6 Å². The first-order chi connectivity index (χ1) is 11.7. The lowest BCUT2D eigenvalue weighted by molar-refractivity contribution is 0.112. The van der Waals surface area contributed by atoms with Gasteiger partial charge in [-0.1, -0.05) is 13.8 Å². The molecule has 0 N–H and O–H groups in total. The number of carbonyl (C=O) groups excluding carboxylic acids is 1. The molecule has 0 aliphatic carbocycles. The first kappa shape index (κ1) is 16.6. The Bertz CT molecular complexity index is 659. The lowest BCUT2D eigenvalue weighted by atomic mass is 10.1. The van der Waals surface area contributed by atoms with Gasteiger partial charge in [0.25, 0.3) is 0 Å². The van der Waals surface area contributed by atoms with Crippen LogP contribution in [0.2, 0.25) is 0 Å². The number of aromatic nitrogens is 2. The van der Waals surface area contributed by atoms with Crippen LogP contribution in [0.1, 0.15) is 41.5 Å². The molecule has 5 heteroatoms. The summed E-state index contributed by atoms with van der Waals surface area (Å²) in [5.74, 6) is 1.36. The summed E-state index contributed by atoms with van der Waals surface area (Å²) >= 11 is 0. The van der Waals surface area contributed by atoms with Crippen LogP contribution in [-0.4, -0.2) is 47.3 Å². The average molecular weight is 324 g/mol. The maximum atomic E-state index is 10.7. The lowest BCUT2D eigenvalue weighted by Crippen LogP contribution is -2.46. The zero-order chi connectivity index (χ0) is 16.9. The zero-order valence-electron chi connectivity index (χ0n) is 14.4. The number of hydrogen-bond donors (Lipinski definition) is 0. The van der Waals surface area contributed by atoms with E-state index in [2.05, 4.69) is 33.6 Å². The van der Waals surface area contributed by atoms with Gasteiger partial charge in [0.2, 0.25) is 0 Å². The van der Waals surface area contributed by atoms with E-state index in [4.69, 9.17) is 0 Å². The molecule has 0 spiro atoms. The van der Waals surface area contributed by atoms with Crippen molar-refractivity contribution in [3.8, 4) is 0 Å². The number of rotatable bonds is 5. The topological polar surface area (TPSA) is 49.3 Å². The third-order valence-electron chi connectivity index (χ3n) is 4.52. The van der Waals surface area contributed by atoms with E-state index in [1.807, 2.05) is 36.7 Å². The van der Waals surface area contributed by atoms with Crippen LogP contribution in [-0.2, 0) is 6.54 Å². The highest BCUT2D eigenvalue weighted by Crippen LogP contribution is 2.18. The van der Waals surface area contributed by atoms with E-state index in [0.29, 0.717) is 5.92 Å². The molecule has 3 rings (SSSR count). The highest BCUT2D eigenvalue weighted by Gasteiger charge is 2.18. The Kier molecular flexibility index (Phi) is 5.20. The van der Waals surface area contributed by atoms with Crippen LogP contribution in [0.3, 0.4) is 0 Å². The molecule has 5 nitrogen and oxygen atoms in total. The van der Waals surface area contributed by atoms with Crippen LogP contribution < -0.4 is 4.90 Å². The maximum absolute atomic E-state index is 10.7. The molecule has 24 heavy (non-hydrogen) atoms. The molecule has 0 unspecified atom stereocenters. The fraction of sp³-hybridized carbons (Fsp3) is 0.421. The molecular weight excluding hydrogens is 300 g/mol. The summed E-state index contributed by atoms with van der Waals surface area (Å²) in [6.45, 7) is 9.04. The second kappa shape index (κ2) is 7.53. The minimum Gasteiger partial charge on any atom is -0.369 e. The fourth-order valence-electron chi connectivity index (χ4n) is 2.87. The highest BCUT2D eigenvalue weighted by atomic mass is 16.1. The number of nitrogens with zero attached hydrogens (tertiary/aromatic N) is 4. The quantitative estimate of drug-likeness (QED) is 0.792. The van der Waals surface area contributed by atoms with Crippen LogP contribution in [0, 0.1) is 0 Å². The maximum Gasteiger partial charge on any atom is 0.150 e. The molecule has 0 radical (unpaired) electrons. The van der Waals surface area contributed by atoms with Crippen molar-refractivity contribution >= 4 is 12.0 Å². The molecule has 2 heterocycles. The van der Waals surface area contributed by atoms with Crippen LogP contribution in [0.15, 0.2) is 36.7 Å². The number of benzene rings is 1. The van der Waals surface area contributed by atoms with Gasteiger partial charge in [0.15, 0.2) is 0 Å². The van der Waals surface area contributed by atoms with Crippen molar-refractivity contribution in [2.45, 2.75) is 26.3 Å². The second-order valence-electron chi connectivity index (χ2n) is 6.56. The molecule has 0 atom stereocenters. The summed E-state index contributed by atoms with van der Waals surface area (Å²) in [7, 11) is 0. The van der Waals surface area contributed by atoms with Gasteiger partial charge in [0.05, 0.1) is 6.54 Å². The summed E-state index contributed by atoms with van der Waals surface area (Å²) in [6.07, 6.45) is 4.77. The van der Waals surface area contributed by atoms with Crippen LogP contribution in [0.25, 0.3) is 0 Å². The Labute approximate surface area is 143 Å². The lowest BCUT2D eigenvalue weighted by Gasteiger charge is -2.35. The normalized spacial score (nSPS) is 15.7. The molecule has 1 aliphatic heterocycles. The molecule has 1 aliphatic rings. The van der Waals surface area contributed by atoms with Gasteiger partial charge in [0, 0.05) is 49.8 Å². The molecule has 0 bridgehead atoms. The molecule has 2 aromatic rings. The highest BCUT2D eigenvalue weighted by molar-refractivity contribution is 5.75. The zero-order valence-corrected chi connectivity index (χ0v) is 14.4. The van der Waals surface area contributed by atoms with Gasteiger partial charge in [-0.15, -0.1) is 0 Å². The smallest absolute Gasteiger partial charge is 0.150 e. The van der Waals surface area contributed by atoms with E-state index >= 15 is 0 Å². The summed E-state index contributed by atoms with van der Waals surface area (Å²) in [4.78, 5) is 24.5. The predicted octanol–water partition coefficient (Wildman–Crippen LogP) is 2.73. The van der Waals surface area contributed by atoms with Crippen molar-refractivity contribution < 1.29 is 4.79 Å². The largest absolute Gasteiger partial charge is 0.369 e. The molecule has 0 amide bonds. The minimum absolute atomic E-state index is 0.466. The van der Waals surface area contributed by atoms with Crippen molar-refractivity contribution in [1.29, 1.82) is 0 Å². The van der Waals surface area contributed by atoms with E-state index in [1.165, 1.54) is 11.3 Å². The van der Waals surface area contributed by atoms with Gasteiger partial charge in [-0.3, -0.25) is 9.69 Å². The van der Waals surface area contributed by atoms with Gasteiger partial charge in [-0.25, -0.2) is 9.97 Å². The van der Waals surface area contributed by atoms with Crippen molar-refractivity contribution in [1.82, 2.24) is 14.9 Å². The number of aldehydes is 1. The summed E-state index contributed by atoms with van der Waals surface area (Å²) in [5, 5.41) is 0. The summed E-state index contributed by atoms with van der Waals surface area (Å²) < 4.78 is 0. The fourth-order valence-corrected chi connectivity index (χ4v) is 2.87. The molecule has 0 saturated carbocycles. The Morgan fingerprint density at radius 2 is 1.67 bits per heavy atom. The molecule has 1 saturated heterocycles. The van der Waals surface area contributed by atoms with E-state index in [9.17, 15) is 4.79 Å². The Balaban J connectivity index is 1.53. The Morgan fingerprint density at radius 3 is 2.21 bits per heavy atom. The van der Waals surface area contributed by atoms with Crippen molar-refractivity contribution in [2.75, 3.05) is 31.1 Å². The third kappa shape index (κ3) is 3.97. The van der Waals surface area contributed by atoms with Gasteiger partial charge in [0.1, 0.15) is 12.1 Å². The van der Waals surface area contributed by atoms with E-state index in [-0.39, 0.29) is 0 Å². The molecule has 126 valence electrons. The van der Waals surface area contributed by atoms with Gasteiger partial charge in [-0.2, -0.15) is 0 Å². The number of carbonyl (C=O) groups is 1. The second-order valence-corrected chi connectivity index (χ2v) is 6.56. The molecule has 1 aromatic carbocycles. The first-order valence-corrected chi connectivity index (χ1v) is 8.49. The SMILES string of the molecule is CC(C)c1cnc(CN2CCN(c3ccc(C=O)cc3)CC2)nc1. The van der Waals surface area contributed by atoms with Crippen LogP contribution >= 0.6 is 0 Å². The summed E-state index contributed by atoms with van der Waals surface area (Å²) in [5.41, 5.74) is 3.08. The number of piperazine rings is 1. The molecule has 1 aromatic heterocycles. The molecule has 1 fully saturated rings. The van der Waals surface area contributed by atoms with Crippen molar-refractivity contribution in [2.24, 2.45) is 0 Å². The Morgan fingerprint density at radius 1 is 1.04 bits per heavy atom. The Hall–Kier alpha value is -2.27. The minimum atomic E-state index is 0.466. The standard InChI is InChI=1S/C19H24N4O/c1-15(2)17-11-20-19(21-12-17)13-22-7-9-23(10-8-22)18-5-3-16(14-24)4-6-18/h3-6,11-12,14-15H,7-10,13H2,1-2H3. The van der Waals surface area contributed by atoms with E-state index < -0.39 is 0 Å². The number of hydrogen-bond acceptors (Lipinski definition) is 5. The van der Waals surface area contributed by atoms with Crippen LogP contribution in [0.4, 0.5) is 5.69 Å². The number of anilines is 1. The van der Waals surface area contributed by atoms with Gasteiger partial charge in [-0.05, 0) is 35.7 Å². The monoisotopic (exact) mass is 324 g/mol. The first-order valence-electron chi connectivity index (χ1n) is 8.49. The van der Waals surface area contributed by atoms with Crippen molar-refractivity contribution in [3.63, 3.8) is 0 Å². The van der Waals surface area contributed by atoms with Gasteiger partial charge >= 0.3 is 0 Å².